The Hall–Kier alpha value is -3.45. The maximum Gasteiger partial charge on any atom is 0.305 e. The summed E-state index contributed by atoms with van der Waals surface area (Å²) < 4.78 is 9.96. The quantitative estimate of drug-likeness (QED) is 0.155. The standard InChI is InChI=1S/C32H36N2O4S2Si/c1-20-22(12-14-27(35)37-3)31(33-29(20)25-10-8-17-39-25)24(16-19-41(5,6)7)32-23(13-15-28(36)38-4)21(2)30(34-32)26-11-9-18-40-26/h8-11,17-18,33H,12-15H2,1-7H3/b32-24-. The summed E-state index contributed by atoms with van der Waals surface area (Å²) in [5.41, 5.74) is 12.1. The molecule has 1 N–H and O–H groups in total. The molecule has 0 bridgehead atoms. The van der Waals surface area contributed by atoms with Gasteiger partial charge < -0.3 is 14.5 Å². The summed E-state index contributed by atoms with van der Waals surface area (Å²) in [7, 11) is 1.03. The van der Waals surface area contributed by atoms with Crippen LogP contribution < -0.4 is 0 Å². The summed E-state index contributed by atoms with van der Waals surface area (Å²) in [6.07, 6.45) is 1.49. The number of carbonyl (C=O) groups excluding carboxylic acids is 2. The fourth-order valence-corrected chi connectivity index (χ4v) is 6.78. The zero-order valence-electron chi connectivity index (χ0n) is 24.7. The van der Waals surface area contributed by atoms with Gasteiger partial charge in [0.1, 0.15) is 8.07 Å². The summed E-state index contributed by atoms with van der Waals surface area (Å²) in [5, 5.41) is 4.10. The topological polar surface area (TPSA) is 80.8 Å². The van der Waals surface area contributed by atoms with Gasteiger partial charge in [0.2, 0.25) is 0 Å². The van der Waals surface area contributed by atoms with Crippen molar-refractivity contribution in [3.05, 3.63) is 73.6 Å². The lowest BCUT2D eigenvalue weighted by Gasteiger charge is -2.12. The fourth-order valence-electron chi connectivity index (χ4n) is 4.72. The number of esters is 2. The van der Waals surface area contributed by atoms with Gasteiger partial charge in [-0.05, 0) is 71.9 Å². The molecule has 0 unspecified atom stereocenters. The number of nitrogens with one attached hydrogen (secondary N) is 1. The highest BCUT2D eigenvalue weighted by molar-refractivity contribution is 7.13. The number of ether oxygens (including phenoxy) is 2. The molecule has 4 heterocycles. The number of carbonyl (C=O) groups is 2. The van der Waals surface area contributed by atoms with Crippen LogP contribution in [0.3, 0.4) is 0 Å². The number of hydrogen-bond donors (Lipinski definition) is 1. The molecule has 0 amide bonds. The van der Waals surface area contributed by atoms with Gasteiger partial charge in [-0.3, -0.25) is 9.59 Å². The number of H-pyrrole nitrogens is 1. The van der Waals surface area contributed by atoms with E-state index in [9.17, 15) is 9.59 Å². The molecule has 0 atom stereocenters. The third kappa shape index (κ3) is 7.07. The monoisotopic (exact) mass is 604 g/mol. The molecule has 1 aliphatic heterocycles. The Kier molecular flexibility index (Phi) is 9.69. The van der Waals surface area contributed by atoms with Crippen LogP contribution in [0.1, 0.15) is 47.9 Å². The number of hydrogen-bond acceptors (Lipinski definition) is 7. The Balaban J connectivity index is 2.02. The third-order valence-electron chi connectivity index (χ3n) is 6.88. The van der Waals surface area contributed by atoms with Gasteiger partial charge in [0.05, 0.1) is 52.3 Å². The molecule has 214 valence electrons. The van der Waals surface area contributed by atoms with E-state index in [2.05, 4.69) is 67.4 Å². The molecule has 0 aromatic carbocycles. The number of thiophene rings is 2. The second-order valence-corrected chi connectivity index (χ2v) is 17.5. The largest absolute Gasteiger partial charge is 0.469 e. The normalized spacial score (nSPS) is 14.5. The molecule has 3 aromatic rings. The Morgan fingerprint density at radius 1 is 0.951 bits per heavy atom. The van der Waals surface area contributed by atoms with Crippen LogP contribution in [0, 0.1) is 18.4 Å². The molecular weight excluding hydrogens is 569 g/mol. The van der Waals surface area contributed by atoms with Crippen molar-refractivity contribution in [3.63, 3.8) is 0 Å². The van der Waals surface area contributed by atoms with E-state index in [-0.39, 0.29) is 24.8 Å². The van der Waals surface area contributed by atoms with Gasteiger partial charge in [-0.2, -0.15) is 0 Å². The second kappa shape index (κ2) is 13.0. The van der Waals surface area contributed by atoms with Crippen molar-refractivity contribution in [1.29, 1.82) is 0 Å². The minimum atomic E-state index is -1.79. The first-order chi connectivity index (χ1) is 19.5. The van der Waals surface area contributed by atoms with Crippen molar-refractivity contribution < 1.29 is 19.1 Å². The highest BCUT2D eigenvalue weighted by atomic mass is 32.1. The first-order valence-electron chi connectivity index (χ1n) is 13.5. The highest BCUT2D eigenvalue weighted by Gasteiger charge is 2.29. The van der Waals surface area contributed by atoms with Crippen molar-refractivity contribution in [2.24, 2.45) is 4.99 Å². The SMILES string of the molecule is COC(=O)CCC1=C(C)C(c2cccs2)=N/C1=C(/C#C[Si](C)(C)C)c1[nH]c(-c2cccs2)c(C)c1CCC(=O)OC. The molecule has 0 radical (unpaired) electrons. The van der Waals surface area contributed by atoms with Crippen molar-refractivity contribution in [2.75, 3.05) is 14.2 Å². The molecule has 3 aromatic heterocycles. The van der Waals surface area contributed by atoms with E-state index in [0.29, 0.717) is 12.8 Å². The van der Waals surface area contributed by atoms with Crippen LogP contribution >= 0.6 is 22.7 Å². The van der Waals surface area contributed by atoms with Gasteiger partial charge in [-0.25, -0.2) is 4.99 Å². The lowest BCUT2D eigenvalue weighted by atomic mass is 9.94. The first-order valence-corrected chi connectivity index (χ1v) is 18.8. The molecule has 0 spiro atoms. The Bertz CT molecular complexity index is 1590. The summed E-state index contributed by atoms with van der Waals surface area (Å²) in [4.78, 5) is 35.6. The highest BCUT2D eigenvalue weighted by Crippen LogP contribution is 2.40. The van der Waals surface area contributed by atoms with Crippen molar-refractivity contribution in [2.45, 2.75) is 59.2 Å². The number of aromatic amines is 1. The number of aromatic nitrogens is 1. The van der Waals surface area contributed by atoms with E-state index in [1.165, 1.54) is 14.2 Å². The number of allylic oxidation sites excluding steroid dienone is 3. The van der Waals surface area contributed by atoms with Crippen LogP contribution in [-0.2, 0) is 25.5 Å². The third-order valence-corrected chi connectivity index (χ3v) is 9.52. The molecular formula is C32H36N2O4S2Si. The molecule has 6 nitrogen and oxygen atoms in total. The average molecular weight is 605 g/mol. The van der Waals surface area contributed by atoms with E-state index >= 15 is 0 Å². The molecule has 9 heteroatoms. The molecule has 4 rings (SSSR count). The Morgan fingerprint density at radius 2 is 1.56 bits per heavy atom. The average Bonchev–Trinajstić information content (AvgIpc) is 3.74. The number of aliphatic imine (C=N–C) groups is 1. The summed E-state index contributed by atoms with van der Waals surface area (Å²) in [6.45, 7) is 10.8. The summed E-state index contributed by atoms with van der Waals surface area (Å²) >= 11 is 3.30. The molecule has 0 aliphatic carbocycles. The lowest BCUT2D eigenvalue weighted by molar-refractivity contribution is -0.141. The van der Waals surface area contributed by atoms with Gasteiger partial charge >= 0.3 is 11.9 Å². The van der Waals surface area contributed by atoms with Gasteiger partial charge in [-0.15, -0.1) is 28.2 Å². The molecule has 0 fully saturated rings. The van der Waals surface area contributed by atoms with E-state index in [0.717, 1.165) is 60.4 Å². The van der Waals surface area contributed by atoms with Gasteiger partial charge in [0.15, 0.2) is 0 Å². The van der Waals surface area contributed by atoms with Crippen LogP contribution in [0.2, 0.25) is 19.6 Å². The van der Waals surface area contributed by atoms with E-state index in [1.54, 1.807) is 22.7 Å². The van der Waals surface area contributed by atoms with Crippen molar-refractivity contribution >= 4 is 54.0 Å². The number of nitrogens with zero attached hydrogens (tertiary/aromatic N) is 1. The van der Waals surface area contributed by atoms with Crippen LogP contribution in [0.15, 0.2) is 56.9 Å². The molecule has 41 heavy (non-hydrogen) atoms. The molecule has 1 aliphatic rings. The van der Waals surface area contributed by atoms with Crippen LogP contribution in [-0.4, -0.2) is 44.9 Å². The van der Waals surface area contributed by atoms with Gasteiger partial charge in [0.25, 0.3) is 0 Å². The molecule has 0 saturated heterocycles. The second-order valence-electron chi connectivity index (χ2n) is 10.9. The minimum Gasteiger partial charge on any atom is -0.469 e. The smallest absolute Gasteiger partial charge is 0.305 e. The zero-order chi connectivity index (χ0) is 29.7. The van der Waals surface area contributed by atoms with E-state index in [4.69, 9.17) is 14.5 Å². The van der Waals surface area contributed by atoms with Gasteiger partial charge in [-0.1, -0.05) is 37.7 Å². The first kappa shape index (κ1) is 30.5. The van der Waals surface area contributed by atoms with Gasteiger partial charge in [0, 0.05) is 12.8 Å². The van der Waals surface area contributed by atoms with E-state index in [1.807, 2.05) is 17.5 Å². The maximum absolute atomic E-state index is 12.2. The predicted octanol–water partition coefficient (Wildman–Crippen LogP) is 7.58. The summed E-state index contributed by atoms with van der Waals surface area (Å²) in [6, 6.07) is 8.21. The van der Waals surface area contributed by atoms with Crippen LogP contribution in [0.5, 0.6) is 0 Å². The number of methoxy groups -OCH3 is 2. The molecule has 0 saturated carbocycles. The number of rotatable bonds is 9. The predicted molar refractivity (Wildman–Crippen MR) is 172 cm³/mol. The van der Waals surface area contributed by atoms with Crippen LogP contribution in [0.4, 0.5) is 0 Å². The fraction of sp³-hybridized carbons (Fsp3) is 0.344. The van der Waals surface area contributed by atoms with E-state index < -0.39 is 8.07 Å². The minimum absolute atomic E-state index is 0.244. The van der Waals surface area contributed by atoms with Crippen LogP contribution in [0.25, 0.3) is 16.1 Å². The van der Waals surface area contributed by atoms with Crippen molar-refractivity contribution in [3.8, 4) is 22.0 Å². The lowest BCUT2D eigenvalue weighted by Crippen LogP contribution is -2.16. The maximum atomic E-state index is 12.2. The Labute approximate surface area is 251 Å². The Morgan fingerprint density at radius 3 is 2.12 bits per heavy atom. The van der Waals surface area contributed by atoms with Crippen molar-refractivity contribution in [1.82, 2.24) is 4.98 Å². The zero-order valence-corrected chi connectivity index (χ0v) is 27.3. The summed E-state index contributed by atoms with van der Waals surface area (Å²) in [5.74, 6) is 3.03.